The fourth-order valence-corrected chi connectivity index (χ4v) is 1.41. The van der Waals surface area contributed by atoms with Gasteiger partial charge in [0.05, 0.1) is 18.4 Å². The predicted octanol–water partition coefficient (Wildman–Crippen LogP) is 1.78. The summed E-state index contributed by atoms with van der Waals surface area (Å²) in [5, 5.41) is 2.37. The summed E-state index contributed by atoms with van der Waals surface area (Å²) in [5.41, 5.74) is 5.26. The fourth-order valence-electron chi connectivity index (χ4n) is 1.41. The van der Waals surface area contributed by atoms with Crippen LogP contribution in [0.25, 0.3) is 0 Å². The minimum absolute atomic E-state index is 0. The van der Waals surface area contributed by atoms with E-state index in [1.54, 1.807) is 0 Å². The summed E-state index contributed by atoms with van der Waals surface area (Å²) in [4.78, 5) is 22.7. The van der Waals surface area contributed by atoms with E-state index in [4.69, 9.17) is 5.73 Å². The smallest absolute Gasteiger partial charge is 0.387 e. The van der Waals surface area contributed by atoms with Crippen LogP contribution in [0.4, 0.5) is 14.5 Å². The molecule has 3 N–H and O–H groups in total. The number of benzene rings is 1. The number of alkyl halides is 2. The number of nitrogens with two attached hydrogens (primary N) is 1. The summed E-state index contributed by atoms with van der Waals surface area (Å²) in [5.74, 6) is -1.48. The Bertz CT molecular complexity index is 500. The molecule has 9 heteroatoms. The molecule has 0 aliphatic heterocycles. The monoisotopic (exact) mass is 324 g/mol. The van der Waals surface area contributed by atoms with Gasteiger partial charge < -0.3 is 20.5 Å². The minimum Gasteiger partial charge on any atom is -0.465 e. The van der Waals surface area contributed by atoms with E-state index in [1.165, 1.54) is 12.1 Å². The van der Waals surface area contributed by atoms with Gasteiger partial charge in [-0.15, -0.1) is 12.4 Å². The Morgan fingerprint density at radius 3 is 2.57 bits per heavy atom. The average molecular weight is 325 g/mol. The number of carbonyl (C=O) groups is 2. The highest BCUT2D eigenvalue weighted by Crippen LogP contribution is 2.28. The van der Waals surface area contributed by atoms with Crippen molar-refractivity contribution in [2.75, 3.05) is 19.0 Å². The molecular formula is C12H15ClF2N2O4. The molecule has 0 unspecified atom stereocenters. The van der Waals surface area contributed by atoms with Crippen molar-refractivity contribution < 1.29 is 27.8 Å². The molecule has 0 saturated carbocycles. The van der Waals surface area contributed by atoms with E-state index in [0.717, 1.165) is 13.2 Å². The number of anilines is 1. The highest BCUT2D eigenvalue weighted by molar-refractivity contribution is 5.95. The van der Waals surface area contributed by atoms with Crippen LogP contribution in [0.2, 0.25) is 0 Å². The molecule has 1 amide bonds. The second kappa shape index (κ2) is 9.09. The number of halogens is 3. The van der Waals surface area contributed by atoms with Gasteiger partial charge in [0, 0.05) is 13.0 Å². The van der Waals surface area contributed by atoms with E-state index in [9.17, 15) is 18.4 Å². The Kier molecular flexibility index (Phi) is 8.25. The van der Waals surface area contributed by atoms with Crippen molar-refractivity contribution in [3.05, 3.63) is 23.8 Å². The van der Waals surface area contributed by atoms with Crippen molar-refractivity contribution in [1.82, 2.24) is 0 Å². The fraction of sp³-hybridized carbons (Fsp3) is 0.333. The molecule has 0 atom stereocenters. The normalized spacial score (nSPS) is 9.76. The van der Waals surface area contributed by atoms with E-state index in [1.807, 2.05) is 0 Å². The van der Waals surface area contributed by atoms with Crippen molar-refractivity contribution in [2.45, 2.75) is 13.0 Å². The number of hydrogen-bond acceptors (Lipinski definition) is 5. The van der Waals surface area contributed by atoms with Crippen molar-refractivity contribution in [2.24, 2.45) is 5.73 Å². The van der Waals surface area contributed by atoms with Crippen molar-refractivity contribution in [3.63, 3.8) is 0 Å². The molecule has 1 rings (SSSR count). The lowest BCUT2D eigenvalue weighted by Gasteiger charge is -2.12. The quantitative estimate of drug-likeness (QED) is 0.778. The van der Waals surface area contributed by atoms with Crippen LogP contribution in [-0.4, -0.2) is 32.1 Å². The maximum atomic E-state index is 12.3. The van der Waals surface area contributed by atoms with Gasteiger partial charge >= 0.3 is 12.6 Å². The van der Waals surface area contributed by atoms with Crippen LogP contribution < -0.4 is 15.8 Å². The number of ether oxygens (including phenoxy) is 2. The highest BCUT2D eigenvalue weighted by Gasteiger charge is 2.15. The molecule has 1 aromatic rings. The second-order valence-electron chi connectivity index (χ2n) is 3.67. The van der Waals surface area contributed by atoms with Crippen LogP contribution in [-0.2, 0) is 9.53 Å². The van der Waals surface area contributed by atoms with Gasteiger partial charge in [-0.05, 0) is 18.2 Å². The van der Waals surface area contributed by atoms with Crippen LogP contribution in [0.5, 0.6) is 5.75 Å². The number of esters is 1. The van der Waals surface area contributed by atoms with Gasteiger partial charge in [-0.2, -0.15) is 8.78 Å². The van der Waals surface area contributed by atoms with Crippen LogP contribution in [0.1, 0.15) is 16.8 Å². The molecule has 0 aromatic heterocycles. The van der Waals surface area contributed by atoms with Crippen molar-refractivity contribution >= 4 is 30.0 Å². The zero-order valence-electron chi connectivity index (χ0n) is 11.1. The zero-order chi connectivity index (χ0) is 15.1. The largest absolute Gasteiger partial charge is 0.465 e. The summed E-state index contributed by atoms with van der Waals surface area (Å²) in [7, 11) is 1.16. The van der Waals surface area contributed by atoms with Crippen molar-refractivity contribution in [1.29, 1.82) is 0 Å². The summed E-state index contributed by atoms with van der Waals surface area (Å²) in [6.45, 7) is -2.97. The van der Waals surface area contributed by atoms with E-state index in [-0.39, 0.29) is 42.4 Å². The number of hydrogen-bond donors (Lipinski definition) is 2. The van der Waals surface area contributed by atoms with E-state index >= 15 is 0 Å². The summed E-state index contributed by atoms with van der Waals surface area (Å²) in [6, 6.07) is 3.66. The standard InChI is InChI=1S/C12H14F2N2O4.ClH/c1-19-11(18)7-2-3-8(16-10(17)4-5-15)9(6-7)20-12(13)14;/h2-3,6,12H,4-5,15H2,1H3,(H,16,17);1H. The number of amides is 1. The molecule has 0 fully saturated rings. The topological polar surface area (TPSA) is 90.7 Å². The Labute approximate surface area is 126 Å². The van der Waals surface area contributed by atoms with E-state index < -0.39 is 18.5 Å². The minimum atomic E-state index is -3.09. The van der Waals surface area contributed by atoms with Crippen LogP contribution in [0, 0.1) is 0 Å². The molecule has 1 aromatic carbocycles. The van der Waals surface area contributed by atoms with Crippen LogP contribution in [0.3, 0.4) is 0 Å². The third kappa shape index (κ3) is 5.92. The maximum Gasteiger partial charge on any atom is 0.387 e. The molecule has 0 aliphatic rings. The first-order valence-electron chi connectivity index (χ1n) is 5.65. The molecule has 0 radical (unpaired) electrons. The molecule has 0 aliphatic carbocycles. The Balaban J connectivity index is 0.00000400. The molecule has 21 heavy (non-hydrogen) atoms. The van der Waals surface area contributed by atoms with Gasteiger partial charge in [-0.1, -0.05) is 0 Å². The highest BCUT2D eigenvalue weighted by atomic mass is 35.5. The molecule has 0 bridgehead atoms. The molecule has 0 heterocycles. The lowest BCUT2D eigenvalue weighted by Crippen LogP contribution is -2.17. The predicted molar refractivity (Wildman–Crippen MR) is 74.0 cm³/mol. The van der Waals surface area contributed by atoms with Crippen molar-refractivity contribution in [3.8, 4) is 5.75 Å². The zero-order valence-corrected chi connectivity index (χ0v) is 11.9. The Morgan fingerprint density at radius 2 is 2.05 bits per heavy atom. The summed E-state index contributed by atoms with van der Waals surface area (Å²) >= 11 is 0. The lowest BCUT2D eigenvalue weighted by atomic mass is 10.2. The molecule has 0 saturated heterocycles. The first-order chi connectivity index (χ1) is 9.47. The number of nitrogens with one attached hydrogen (secondary N) is 1. The Morgan fingerprint density at radius 1 is 1.38 bits per heavy atom. The number of methoxy groups -OCH3 is 1. The molecule has 118 valence electrons. The first kappa shape index (κ1) is 19.1. The maximum absolute atomic E-state index is 12.3. The third-order valence-corrected chi connectivity index (χ3v) is 2.26. The number of rotatable bonds is 6. The molecule has 0 spiro atoms. The lowest BCUT2D eigenvalue weighted by molar-refractivity contribution is -0.116. The van der Waals surface area contributed by atoms with Crippen LogP contribution in [0.15, 0.2) is 18.2 Å². The SMILES string of the molecule is COC(=O)c1ccc(NC(=O)CCN)c(OC(F)F)c1.Cl. The van der Waals surface area contributed by atoms with Gasteiger partial charge in [0.1, 0.15) is 5.75 Å². The molecule has 6 nitrogen and oxygen atoms in total. The van der Waals surface area contributed by atoms with E-state index in [0.29, 0.717) is 0 Å². The third-order valence-electron chi connectivity index (χ3n) is 2.26. The Hall–Kier alpha value is -1.93. The second-order valence-corrected chi connectivity index (χ2v) is 3.67. The van der Waals surface area contributed by atoms with Gasteiger partial charge in [-0.25, -0.2) is 4.79 Å². The van der Waals surface area contributed by atoms with Gasteiger partial charge in [0.2, 0.25) is 5.91 Å². The van der Waals surface area contributed by atoms with Gasteiger partial charge in [-0.3, -0.25) is 4.79 Å². The average Bonchev–Trinajstić information content (AvgIpc) is 2.39. The summed E-state index contributed by atoms with van der Waals surface area (Å²) < 4.78 is 33.4. The van der Waals surface area contributed by atoms with Crippen LogP contribution >= 0.6 is 12.4 Å². The molecular weight excluding hydrogens is 310 g/mol. The van der Waals surface area contributed by atoms with E-state index in [2.05, 4.69) is 14.8 Å². The van der Waals surface area contributed by atoms with Gasteiger partial charge in [0.25, 0.3) is 0 Å². The first-order valence-corrected chi connectivity index (χ1v) is 5.65. The number of carbonyl (C=O) groups excluding carboxylic acids is 2. The summed E-state index contributed by atoms with van der Waals surface area (Å²) in [6.07, 6.45) is 0.0346. The van der Waals surface area contributed by atoms with Gasteiger partial charge in [0.15, 0.2) is 0 Å².